The van der Waals surface area contributed by atoms with Gasteiger partial charge in [0.1, 0.15) is 12.4 Å². The molecule has 16 heavy (non-hydrogen) atoms. The van der Waals surface area contributed by atoms with E-state index in [0.29, 0.717) is 6.61 Å². The highest BCUT2D eigenvalue weighted by Gasteiger charge is 2.02. The highest BCUT2D eigenvalue weighted by Crippen LogP contribution is 2.10. The Balaban J connectivity index is 2.47. The van der Waals surface area contributed by atoms with Crippen molar-refractivity contribution in [1.29, 1.82) is 0 Å². The van der Waals surface area contributed by atoms with Crippen LogP contribution in [-0.4, -0.2) is 17.6 Å². The topological polar surface area (TPSA) is 48.1 Å². The van der Waals surface area contributed by atoms with Gasteiger partial charge in [0, 0.05) is 23.7 Å². The number of nitrogens with two attached hydrogens (primary N) is 1. The Morgan fingerprint density at radius 2 is 2.38 bits per heavy atom. The Labute approximate surface area is 101 Å². The molecular weight excluding hydrogens is 224 g/mol. The van der Waals surface area contributed by atoms with Gasteiger partial charge in [-0.2, -0.15) is 0 Å². The van der Waals surface area contributed by atoms with Crippen molar-refractivity contribution in [2.75, 3.05) is 6.61 Å². The van der Waals surface area contributed by atoms with Crippen LogP contribution in [0.25, 0.3) is 0 Å². The van der Waals surface area contributed by atoms with Gasteiger partial charge in [0.25, 0.3) is 0 Å². The van der Waals surface area contributed by atoms with Crippen molar-refractivity contribution in [3.8, 4) is 5.75 Å². The molecule has 1 atom stereocenters. The molecule has 1 aromatic heterocycles. The monoisotopic (exact) mass is 240 g/mol. The van der Waals surface area contributed by atoms with Crippen LogP contribution < -0.4 is 10.5 Å². The molecule has 1 aromatic rings. The minimum Gasteiger partial charge on any atom is -0.488 e. The van der Waals surface area contributed by atoms with Crippen LogP contribution in [0.15, 0.2) is 29.9 Å². The summed E-state index contributed by atoms with van der Waals surface area (Å²) in [6.45, 7) is 2.53. The third-order valence-corrected chi connectivity index (χ3v) is 2.41. The number of rotatable bonds is 6. The van der Waals surface area contributed by atoms with Crippen LogP contribution in [0.2, 0.25) is 0 Å². The third-order valence-electron chi connectivity index (χ3n) is 2.23. The van der Waals surface area contributed by atoms with E-state index in [9.17, 15) is 0 Å². The highest BCUT2D eigenvalue weighted by molar-refractivity contribution is 6.25. The van der Waals surface area contributed by atoms with Crippen LogP contribution in [0.3, 0.4) is 0 Å². The Bertz CT molecular complexity index is 324. The van der Waals surface area contributed by atoms with Gasteiger partial charge in [0.05, 0.1) is 6.20 Å². The smallest absolute Gasteiger partial charge is 0.138 e. The van der Waals surface area contributed by atoms with E-state index in [2.05, 4.69) is 11.9 Å². The number of nitrogens with zero attached hydrogens (tertiary/aromatic N) is 1. The van der Waals surface area contributed by atoms with E-state index in [1.807, 2.05) is 12.1 Å². The van der Waals surface area contributed by atoms with Crippen molar-refractivity contribution >= 4 is 11.6 Å². The molecule has 3 nitrogen and oxygen atoms in total. The average Bonchev–Trinajstić information content (AvgIpc) is 2.31. The molecule has 4 heteroatoms. The van der Waals surface area contributed by atoms with Crippen molar-refractivity contribution in [3.05, 3.63) is 35.6 Å². The summed E-state index contributed by atoms with van der Waals surface area (Å²) in [7, 11) is 0. The zero-order chi connectivity index (χ0) is 11.8. The van der Waals surface area contributed by atoms with Crippen LogP contribution in [0, 0.1) is 0 Å². The van der Waals surface area contributed by atoms with Crippen LogP contribution in [0.4, 0.5) is 0 Å². The molecule has 2 N–H and O–H groups in total. The number of halogens is 1. The molecular formula is C12H17ClN2O. The Morgan fingerprint density at radius 3 is 2.94 bits per heavy atom. The Kier molecular flexibility index (Phi) is 5.90. The molecule has 0 aromatic carbocycles. The molecule has 0 spiro atoms. The van der Waals surface area contributed by atoms with Gasteiger partial charge in [-0.25, -0.2) is 0 Å². The molecule has 0 aliphatic carbocycles. The van der Waals surface area contributed by atoms with Crippen LogP contribution in [0.1, 0.15) is 19.0 Å². The van der Waals surface area contributed by atoms with Crippen LogP contribution >= 0.6 is 11.6 Å². The van der Waals surface area contributed by atoms with E-state index in [1.165, 1.54) is 5.54 Å². The molecule has 1 heterocycles. The first-order valence-corrected chi connectivity index (χ1v) is 5.78. The largest absolute Gasteiger partial charge is 0.488 e. The fourth-order valence-electron chi connectivity index (χ4n) is 1.21. The lowest BCUT2D eigenvalue weighted by Crippen LogP contribution is -2.21. The minimum atomic E-state index is 0.179. The first-order valence-electron chi connectivity index (χ1n) is 5.34. The SMILES string of the molecule is CCC(N)Cc1ccc(OCC=CCl)cn1. The number of pyridine rings is 1. The van der Waals surface area contributed by atoms with Crippen molar-refractivity contribution < 1.29 is 4.74 Å². The standard InChI is InChI=1S/C12H17ClN2O/c1-2-10(14)8-11-4-5-12(9-15-11)16-7-3-6-13/h3-6,9-10H,2,7-8,14H2,1H3. The summed E-state index contributed by atoms with van der Waals surface area (Å²) < 4.78 is 5.37. The highest BCUT2D eigenvalue weighted by atomic mass is 35.5. The summed E-state index contributed by atoms with van der Waals surface area (Å²) in [5.74, 6) is 0.739. The summed E-state index contributed by atoms with van der Waals surface area (Å²) >= 11 is 5.38. The van der Waals surface area contributed by atoms with E-state index >= 15 is 0 Å². The van der Waals surface area contributed by atoms with Crippen molar-refractivity contribution in [3.63, 3.8) is 0 Å². The van der Waals surface area contributed by atoms with Gasteiger partial charge in [-0.1, -0.05) is 18.5 Å². The summed E-state index contributed by atoms with van der Waals surface area (Å²) in [6.07, 6.45) is 5.20. The molecule has 0 saturated carbocycles. The van der Waals surface area contributed by atoms with Crippen molar-refractivity contribution in [2.45, 2.75) is 25.8 Å². The minimum absolute atomic E-state index is 0.179. The molecule has 0 aliphatic rings. The van der Waals surface area contributed by atoms with E-state index in [1.54, 1.807) is 12.3 Å². The summed E-state index contributed by atoms with van der Waals surface area (Å²) in [6, 6.07) is 4.01. The summed E-state index contributed by atoms with van der Waals surface area (Å²) in [5, 5.41) is 0. The third kappa shape index (κ3) is 4.64. The molecule has 0 amide bonds. The predicted octanol–water partition coefficient (Wildman–Crippen LogP) is 2.49. The quantitative estimate of drug-likeness (QED) is 0.831. The molecule has 1 unspecified atom stereocenters. The normalized spacial score (nSPS) is 12.9. The first-order chi connectivity index (χ1) is 7.76. The lowest BCUT2D eigenvalue weighted by molar-refractivity contribution is 0.361. The summed E-state index contributed by atoms with van der Waals surface area (Å²) in [5.41, 5.74) is 8.27. The van der Waals surface area contributed by atoms with Gasteiger partial charge in [0.15, 0.2) is 0 Å². The lowest BCUT2D eigenvalue weighted by atomic mass is 10.1. The van der Waals surface area contributed by atoms with Crippen molar-refractivity contribution in [1.82, 2.24) is 4.98 Å². The maximum atomic E-state index is 5.85. The number of hydrogen-bond donors (Lipinski definition) is 1. The van der Waals surface area contributed by atoms with Gasteiger partial charge in [-0.15, -0.1) is 0 Å². The van der Waals surface area contributed by atoms with Gasteiger partial charge in [-0.05, 0) is 24.6 Å². The fourth-order valence-corrected chi connectivity index (χ4v) is 1.28. The zero-order valence-corrected chi connectivity index (χ0v) is 10.2. The Hall–Kier alpha value is -1.06. The molecule has 88 valence electrons. The predicted molar refractivity (Wildman–Crippen MR) is 66.7 cm³/mol. The molecule has 0 radical (unpaired) electrons. The molecule has 0 aliphatic heterocycles. The Morgan fingerprint density at radius 1 is 1.56 bits per heavy atom. The van der Waals surface area contributed by atoms with Gasteiger partial charge in [0.2, 0.25) is 0 Å². The lowest BCUT2D eigenvalue weighted by Gasteiger charge is -2.08. The molecule has 0 saturated heterocycles. The molecule has 0 bridgehead atoms. The van der Waals surface area contributed by atoms with Gasteiger partial charge < -0.3 is 10.5 Å². The second kappa shape index (κ2) is 7.25. The van der Waals surface area contributed by atoms with Gasteiger partial charge >= 0.3 is 0 Å². The second-order valence-electron chi connectivity index (χ2n) is 3.53. The maximum Gasteiger partial charge on any atom is 0.138 e. The average molecular weight is 241 g/mol. The molecule has 0 fully saturated rings. The fraction of sp³-hybridized carbons (Fsp3) is 0.417. The van der Waals surface area contributed by atoms with E-state index < -0.39 is 0 Å². The number of aromatic nitrogens is 1. The first kappa shape index (κ1) is 13.0. The zero-order valence-electron chi connectivity index (χ0n) is 9.40. The maximum absolute atomic E-state index is 5.85. The summed E-state index contributed by atoms with van der Waals surface area (Å²) in [4.78, 5) is 4.28. The van der Waals surface area contributed by atoms with Crippen LogP contribution in [-0.2, 0) is 6.42 Å². The van der Waals surface area contributed by atoms with Crippen molar-refractivity contribution in [2.24, 2.45) is 5.73 Å². The molecule has 1 rings (SSSR count). The number of ether oxygens (including phenoxy) is 1. The van der Waals surface area contributed by atoms with E-state index in [4.69, 9.17) is 22.1 Å². The number of hydrogen-bond acceptors (Lipinski definition) is 3. The van der Waals surface area contributed by atoms with E-state index in [-0.39, 0.29) is 6.04 Å². The second-order valence-corrected chi connectivity index (χ2v) is 3.78. The van der Waals surface area contributed by atoms with Crippen LogP contribution in [0.5, 0.6) is 5.75 Å². The van der Waals surface area contributed by atoms with Gasteiger partial charge in [-0.3, -0.25) is 4.98 Å². The van der Waals surface area contributed by atoms with E-state index in [0.717, 1.165) is 24.3 Å².